The van der Waals surface area contributed by atoms with Gasteiger partial charge in [0.1, 0.15) is 30.3 Å². The van der Waals surface area contributed by atoms with Crippen molar-refractivity contribution in [1.29, 1.82) is 0 Å². The lowest BCUT2D eigenvalue weighted by molar-refractivity contribution is 0.303. The molecule has 0 aliphatic heterocycles. The highest BCUT2D eigenvalue weighted by Gasteiger charge is 2.15. The average molecular weight is 362 g/mol. The largest absolute Gasteiger partial charge is 0.488 e. The maximum atomic E-state index is 13.4. The van der Waals surface area contributed by atoms with Gasteiger partial charge < -0.3 is 9.47 Å². The van der Waals surface area contributed by atoms with Crippen molar-refractivity contribution in [2.75, 3.05) is 0 Å². The monoisotopic (exact) mass is 362 g/mol. The van der Waals surface area contributed by atoms with Crippen LogP contribution < -0.4 is 9.47 Å². The topological polar surface area (TPSA) is 44.2 Å². The van der Waals surface area contributed by atoms with Gasteiger partial charge in [0.2, 0.25) is 0 Å². The molecule has 1 aromatic heterocycles. The Hall–Kier alpha value is -3.39. The molecule has 1 heterocycles. The fourth-order valence-electron chi connectivity index (χ4n) is 2.60. The third-order valence-electron chi connectivity index (χ3n) is 3.94. The molecule has 0 N–H and O–H groups in total. The van der Waals surface area contributed by atoms with E-state index in [-0.39, 0.29) is 18.3 Å². The number of terminal acetylenes is 1. The smallest absolute Gasteiger partial charge is 0.164 e. The minimum Gasteiger partial charge on any atom is -0.488 e. The van der Waals surface area contributed by atoms with Crippen LogP contribution >= 0.6 is 0 Å². The summed E-state index contributed by atoms with van der Waals surface area (Å²) in [5.41, 5.74) is 2.22. The summed E-state index contributed by atoms with van der Waals surface area (Å²) in [6.07, 6.45) is 10.3. The SMILES string of the molecule is C#Cc1cc(Oc2cncnc2)c(C(C)C)cc1OCc1cccc(F)c1. The first kappa shape index (κ1) is 18.4. The minimum atomic E-state index is -0.301. The highest BCUT2D eigenvalue weighted by atomic mass is 19.1. The molecule has 2 aromatic carbocycles. The number of benzene rings is 2. The van der Waals surface area contributed by atoms with E-state index in [4.69, 9.17) is 15.9 Å². The molecule has 0 bridgehead atoms. The molecule has 0 radical (unpaired) electrons. The van der Waals surface area contributed by atoms with Crippen LogP contribution in [-0.4, -0.2) is 9.97 Å². The van der Waals surface area contributed by atoms with E-state index in [0.717, 1.165) is 11.1 Å². The predicted molar refractivity (Wildman–Crippen MR) is 101 cm³/mol. The van der Waals surface area contributed by atoms with E-state index in [1.54, 1.807) is 30.6 Å². The summed E-state index contributed by atoms with van der Waals surface area (Å²) < 4.78 is 25.2. The molecule has 3 rings (SSSR count). The Morgan fingerprint density at radius 2 is 1.89 bits per heavy atom. The van der Waals surface area contributed by atoms with E-state index < -0.39 is 0 Å². The summed E-state index contributed by atoms with van der Waals surface area (Å²) in [5, 5.41) is 0. The Labute approximate surface area is 158 Å². The summed E-state index contributed by atoms with van der Waals surface area (Å²) in [4.78, 5) is 7.91. The molecule has 0 saturated heterocycles. The molecule has 0 fully saturated rings. The lowest BCUT2D eigenvalue weighted by atomic mass is 9.99. The van der Waals surface area contributed by atoms with E-state index in [1.165, 1.54) is 18.5 Å². The van der Waals surface area contributed by atoms with E-state index in [0.29, 0.717) is 22.8 Å². The van der Waals surface area contributed by atoms with Crippen LogP contribution in [-0.2, 0) is 6.61 Å². The predicted octanol–water partition coefficient (Wildman–Crippen LogP) is 5.09. The lowest BCUT2D eigenvalue weighted by Gasteiger charge is -2.17. The number of rotatable bonds is 6. The summed E-state index contributed by atoms with van der Waals surface area (Å²) in [7, 11) is 0. The van der Waals surface area contributed by atoms with Gasteiger partial charge in [-0.1, -0.05) is 31.9 Å². The number of aromatic nitrogens is 2. The van der Waals surface area contributed by atoms with Crippen LogP contribution in [0.15, 0.2) is 55.1 Å². The maximum absolute atomic E-state index is 13.4. The highest BCUT2D eigenvalue weighted by Crippen LogP contribution is 2.36. The normalized spacial score (nSPS) is 10.5. The highest BCUT2D eigenvalue weighted by molar-refractivity contribution is 5.54. The number of halogens is 1. The molecule has 0 unspecified atom stereocenters. The molecular formula is C22H19FN2O2. The van der Waals surface area contributed by atoms with Crippen LogP contribution in [0.3, 0.4) is 0 Å². The van der Waals surface area contributed by atoms with Gasteiger partial charge in [0.05, 0.1) is 18.0 Å². The van der Waals surface area contributed by atoms with Crippen molar-refractivity contribution >= 4 is 0 Å². The first-order valence-electron chi connectivity index (χ1n) is 8.51. The van der Waals surface area contributed by atoms with Gasteiger partial charge in [0.25, 0.3) is 0 Å². The van der Waals surface area contributed by atoms with Gasteiger partial charge >= 0.3 is 0 Å². The molecule has 136 valence electrons. The fraction of sp³-hybridized carbons (Fsp3) is 0.182. The van der Waals surface area contributed by atoms with Gasteiger partial charge in [-0.25, -0.2) is 14.4 Å². The Morgan fingerprint density at radius 1 is 1.11 bits per heavy atom. The number of hydrogen-bond acceptors (Lipinski definition) is 4. The Balaban J connectivity index is 1.90. The molecule has 5 heteroatoms. The first-order valence-corrected chi connectivity index (χ1v) is 8.51. The molecule has 0 aliphatic carbocycles. The van der Waals surface area contributed by atoms with Crippen molar-refractivity contribution in [3.8, 4) is 29.6 Å². The molecule has 0 saturated carbocycles. The summed E-state index contributed by atoms with van der Waals surface area (Å²) >= 11 is 0. The van der Waals surface area contributed by atoms with Gasteiger partial charge in [0.15, 0.2) is 5.75 Å². The molecule has 0 aliphatic rings. The van der Waals surface area contributed by atoms with Gasteiger partial charge in [0, 0.05) is 11.6 Å². The quantitative estimate of drug-likeness (QED) is 0.573. The second-order valence-electron chi connectivity index (χ2n) is 6.28. The maximum Gasteiger partial charge on any atom is 0.164 e. The zero-order valence-corrected chi connectivity index (χ0v) is 15.1. The van der Waals surface area contributed by atoms with Crippen LogP contribution in [0.4, 0.5) is 4.39 Å². The molecule has 0 atom stereocenters. The molecule has 4 nitrogen and oxygen atoms in total. The van der Waals surface area contributed by atoms with Crippen molar-refractivity contribution in [2.45, 2.75) is 26.4 Å². The third-order valence-corrected chi connectivity index (χ3v) is 3.94. The van der Waals surface area contributed by atoms with E-state index in [1.807, 2.05) is 6.07 Å². The minimum absolute atomic E-state index is 0.174. The van der Waals surface area contributed by atoms with E-state index in [9.17, 15) is 4.39 Å². The van der Waals surface area contributed by atoms with Crippen LogP contribution in [0.2, 0.25) is 0 Å². The Bertz CT molecular complexity index is 966. The van der Waals surface area contributed by atoms with Gasteiger partial charge in [-0.2, -0.15) is 0 Å². The van der Waals surface area contributed by atoms with Crippen molar-refractivity contribution in [2.24, 2.45) is 0 Å². The average Bonchev–Trinajstić information content (AvgIpc) is 2.67. The molecule has 3 aromatic rings. The van der Waals surface area contributed by atoms with Crippen molar-refractivity contribution in [3.63, 3.8) is 0 Å². The molecule has 0 amide bonds. The second kappa shape index (κ2) is 8.33. The molecule has 27 heavy (non-hydrogen) atoms. The molecule has 0 spiro atoms. The summed E-state index contributed by atoms with van der Waals surface area (Å²) in [6.45, 7) is 4.32. The Morgan fingerprint density at radius 3 is 2.56 bits per heavy atom. The standard InChI is InChI=1S/C22H19FN2O2/c1-4-17-9-22(27-19-11-24-14-25-12-19)20(15(2)3)10-21(17)26-13-16-6-5-7-18(23)8-16/h1,5-12,14-15H,13H2,2-3H3. The third kappa shape index (κ3) is 4.62. The van der Waals surface area contributed by atoms with Gasteiger partial charge in [-0.05, 0) is 29.7 Å². The summed E-state index contributed by atoms with van der Waals surface area (Å²) in [5.74, 6) is 4.21. The fourth-order valence-corrected chi connectivity index (χ4v) is 2.60. The first-order chi connectivity index (χ1) is 13.1. The number of nitrogens with zero attached hydrogens (tertiary/aromatic N) is 2. The van der Waals surface area contributed by atoms with Crippen molar-refractivity contribution in [3.05, 3.63) is 77.6 Å². The zero-order valence-electron chi connectivity index (χ0n) is 15.1. The van der Waals surface area contributed by atoms with Crippen molar-refractivity contribution in [1.82, 2.24) is 9.97 Å². The number of hydrogen-bond donors (Lipinski definition) is 0. The van der Waals surface area contributed by atoms with Crippen LogP contribution in [0, 0.1) is 18.2 Å². The van der Waals surface area contributed by atoms with Gasteiger partial charge in [-0.3, -0.25) is 0 Å². The van der Waals surface area contributed by atoms with Crippen LogP contribution in [0.25, 0.3) is 0 Å². The Kier molecular flexibility index (Phi) is 5.68. The van der Waals surface area contributed by atoms with E-state index >= 15 is 0 Å². The van der Waals surface area contributed by atoms with Crippen LogP contribution in [0.5, 0.6) is 17.2 Å². The summed E-state index contributed by atoms with van der Waals surface area (Å²) in [6, 6.07) is 9.92. The lowest BCUT2D eigenvalue weighted by Crippen LogP contribution is -2.01. The number of ether oxygens (including phenoxy) is 2. The molecular weight excluding hydrogens is 343 g/mol. The zero-order chi connectivity index (χ0) is 19.2. The van der Waals surface area contributed by atoms with Gasteiger partial charge in [-0.15, -0.1) is 6.42 Å². The van der Waals surface area contributed by atoms with Crippen molar-refractivity contribution < 1.29 is 13.9 Å². The second-order valence-corrected chi connectivity index (χ2v) is 6.28. The van der Waals surface area contributed by atoms with E-state index in [2.05, 4.69) is 29.7 Å². The van der Waals surface area contributed by atoms with Crippen LogP contribution in [0.1, 0.15) is 36.5 Å².